The van der Waals surface area contributed by atoms with Gasteiger partial charge >= 0.3 is 12.0 Å². The number of carboxylic acids is 1. The summed E-state index contributed by atoms with van der Waals surface area (Å²) in [6, 6.07) is 4.91. The lowest BCUT2D eigenvalue weighted by Gasteiger charge is -2.27. The van der Waals surface area contributed by atoms with Crippen LogP contribution in [0, 0.1) is 16.7 Å². The number of hydrogen-bond acceptors (Lipinski definition) is 8. The SMILES string of the molecule is CC(C)[C@@H](COCNC(C=O)CCCNC(=N)N)NC(=O)[C@H](CCCNC(=N)N)NC(=O)NC(Cc1ccccc1)C(=O)O. The number of rotatable bonds is 22. The van der Waals surface area contributed by atoms with E-state index in [0.717, 1.165) is 11.8 Å². The van der Waals surface area contributed by atoms with Gasteiger partial charge in [-0.1, -0.05) is 44.2 Å². The number of carbonyl (C=O) groups is 4. The summed E-state index contributed by atoms with van der Waals surface area (Å²) in [5, 5.41) is 40.3. The van der Waals surface area contributed by atoms with E-state index in [2.05, 4.69) is 31.9 Å². The second-order valence-corrected chi connectivity index (χ2v) is 10.5. The summed E-state index contributed by atoms with van der Waals surface area (Å²) in [6.45, 7) is 4.72. The Bertz CT molecular complexity index is 1060. The molecule has 0 spiro atoms. The number of aliphatic carboxylic acids is 1. The second-order valence-electron chi connectivity index (χ2n) is 10.5. The molecule has 0 saturated heterocycles. The summed E-state index contributed by atoms with van der Waals surface area (Å²) in [6.07, 6.45) is 2.53. The fourth-order valence-corrected chi connectivity index (χ4v) is 4.01. The highest BCUT2D eigenvalue weighted by atomic mass is 16.5. The third-order valence-electron chi connectivity index (χ3n) is 6.54. The summed E-state index contributed by atoms with van der Waals surface area (Å²) in [5.41, 5.74) is 11.3. The Morgan fingerprint density at radius 3 is 2.07 bits per heavy atom. The number of ether oxygens (including phenoxy) is 1. The minimum Gasteiger partial charge on any atom is -0.480 e. The molecule has 246 valence electrons. The van der Waals surface area contributed by atoms with Gasteiger partial charge in [-0.05, 0) is 37.2 Å². The lowest BCUT2D eigenvalue weighted by atomic mass is 10.0. The van der Waals surface area contributed by atoms with Gasteiger partial charge in [-0.25, -0.2) is 9.59 Å². The maximum Gasteiger partial charge on any atom is 0.326 e. The van der Waals surface area contributed by atoms with Gasteiger partial charge in [-0.3, -0.25) is 20.9 Å². The van der Waals surface area contributed by atoms with Crippen LogP contribution in [0.4, 0.5) is 4.79 Å². The molecule has 3 amide bonds. The van der Waals surface area contributed by atoms with E-state index in [-0.39, 0.29) is 44.0 Å². The van der Waals surface area contributed by atoms with Crippen molar-refractivity contribution >= 4 is 36.1 Å². The Morgan fingerprint density at radius 1 is 0.932 bits per heavy atom. The number of nitrogens with one attached hydrogen (secondary N) is 8. The Hall–Kier alpha value is -4.44. The number of guanidine groups is 2. The average molecular weight is 621 g/mol. The fraction of sp³-hybridized carbons (Fsp3) is 0.571. The van der Waals surface area contributed by atoms with Gasteiger partial charge in [0.1, 0.15) is 18.4 Å². The molecular formula is C28H48N10O6. The normalized spacial score (nSPS) is 13.5. The maximum atomic E-state index is 13.3. The first-order valence-corrected chi connectivity index (χ1v) is 14.5. The molecular weight excluding hydrogens is 572 g/mol. The standard InChI is InChI=1S/C28H48N10O6/c1-18(2)23(16-44-17-35-20(15-39)10-6-12-33-26(29)30)36-24(40)21(11-7-13-34-27(31)32)37-28(43)38-22(25(41)42)14-19-8-4-3-5-9-19/h3-5,8-9,15,18,20-23,35H,6-7,10-14,16-17H2,1-2H3,(H,36,40)(H,41,42)(H4,29,30,33)(H4,31,32,34)(H2,37,38,43)/t20?,21-,22?,23+/m0/s1. The zero-order valence-corrected chi connectivity index (χ0v) is 25.4. The van der Waals surface area contributed by atoms with Crippen molar-refractivity contribution < 1.29 is 29.0 Å². The Balaban J connectivity index is 2.76. The van der Waals surface area contributed by atoms with Crippen molar-refractivity contribution in [3.8, 4) is 0 Å². The summed E-state index contributed by atoms with van der Waals surface area (Å²) in [5.74, 6) is -2.11. The second kappa shape index (κ2) is 21.3. The number of carbonyl (C=O) groups excluding carboxylic acids is 3. The van der Waals surface area contributed by atoms with E-state index < -0.39 is 42.1 Å². The molecule has 16 heteroatoms. The maximum absolute atomic E-state index is 13.3. The first-order chi connectivity index (χ1) is 20.9. The van der Waals surface area contributed by atoms with Crippen molar-refractivity contribution in [2.45, 2.75) is 70.1 Å². The highest BCUT2D eigenvalue weighted by Gasteiger charge is 2.27. The van der Waals surface area contributed by atoms with Crippen molar-refractivity contribution in [1.82, 2.24) is 31.9 Å². The van der Waals surface area contributed by atoms with Gasteiger partial charge in [0.25, 0.3) is 0 Å². The molecule has 16 nitrogen and oxygen atoms in total. The van der Waals surface area contributed by atoms with E-state index in [1.165, 1.54) is 0 Å². The van der Waals surface area contributed by atoms with Crippen LogP contribution in [-0.2, 0) is 25.5 Å². The molecule has 1 rings (SSSR count). The Kier molecular flexibility index (Phi) is 18.2. The molecule has 0 saturated carbocycles. The molecule has 4 atom stereocenters. The number of amides is 3. The third-order valence-corrected chi connectivity index (χ3v) is 6.54. The van der Waals surface area contributed by atoms with Crippen molar-refractivity contribution in [1.29, 1.82) is 10.8 Å². The monoisotopic (exact) mass is 620 g/mol. The van der Waals surface area contributed by atoms with Crippen LogP contribution in [0.25, 0.3) is 0 Å². The van der Waals surface area contributed by atoms with Crippen molar-refractivity contribution in [2.75, 3.05) is 26.4 Å². The molecule has 1 aromatic rings. The minimum atomic E-state index is -1.22. The van der Waals surface area contributed by atoms with E-state index in [4.69, 9.17) is 27.0 Å². The molecule has 0 aromatic heterocycles. The van der Waals surface area contributed by atoms with Crippen molar-refractivity contribution in [3.63, 3.8) is 0 Å². The zero-order chi connectivity index (χ0) is 32.9. The zero-order valence-electron chi connectivity index (χ0n) is 25.4. The predicted octanol–water partition coefficient (Wildman–Crippen LogP) is -0.851. The number of carboxylic acid groups (broad SMARTS) is 1. The highest BCUT2D eigenvalue weighted by Crippen LogP contribution is 2.07. The quantitative estimate of drug-likeness (QED) is 0.0250. The van der Waals surface area contributed by atoms with E-state index in [1.54, 1.807) is 30.3 Å². The predicted molar refractivity (Wildman–Crippen MR) is 166 cm³/mol. The molecule has 0 bridgehead atoms. The summed E-state index contributed by atoms with van der Waals surface area (Å²) < 4.78 is 5.69. The lowest BCUT2D eigenvalue weighted by Crippen LogP contribution is -2.56. The topological polar surface area (TPSA) is 270 Å². The van der Waals surface area contributed by atoms with Crippen LogP contribution in [0.1, 0.15) is 45.1 Å². The van der Waals surface area contributed by atoms with Crippen LogP contribution in [0.5, 0.6) is 0 Å². The van der Waals surface area contributed by atoms with Crippen LogP contribution in [0.15, 0.2) is 30.3 Å². The highest BCUT2D eigenvalue weighted by molar-refractivity contribution is 5.89. The molecule has 13 N–H and O–H groups in total. The number of urea groups is 1. The van der Waals surface area contributed by atoms with Gasteiger partial charge in [-0.2, -0.15) is 0 Å². The van der Waals surface area contributed by atoms with E-state index in [9.17, 15) is 24.3 Å². The number of hydrogen-bond donors (Lipinski definition) is 11. The summed E-state index contributed by atoms with van der Waals surface area (Å²) >= 11 is 0. The first-order valence-electron chi connectivity index (χ1n) is 14.5. The van der Waals surface area contributed by atoms with Gasteiger partial charge in [0.15, 0.2) is 11.9 Å². The van der Waals surface area contributed by atoms with E-state index >= 15 is 0 Å². The summed E-state index contributed by atoms with van der Waals surface area (Å²) in [7, 11) is 0. The molecule has 1 aromatic carbocycles. The van der Waals surface area contributed by atoms with Gasteiger partial charge in [0.2, 0.25) is 5.91 Å². The lowest BCUT2D eigenvalue weighted by molar-refractivity contribution is -0.139. The molecule has 0 heterocycles. The van der Waals surface area contributed by atoms with Crippen LogP contribution in [0.3, 0.4) is 0 Å². The van der Waals surface area contributed by atoms with Gasteiger partial charge in [-0.15, -0.1) is 0 Å². The molecule has 0 aliphatic carbocycles. The van der Waals surface area contributed by atoms with Crippen molar-refractivity contribution in [3.05, 3.63) is 35.9 Å². The Labute approximate surface area is 257 Å². The number of nitrogens with two attached hydrogens (primary N) is 2. The molecule has 44 heavy (non-hydrogen) atoms. The van der Waals surface area contributed by atoms with Crippen LogP contribution < -0.4 is 43.4 Å². The van der Waals surface area contributed by atoms with Crippen molar-refractivity contribution in [2.24, 2.45) is 17.4 Å². The molecule has 0 aliphatic rings. The third kappa shape index (κ3) is 16.9. The van der Waals surface area contributed by atoms with Gasteiger partial charge < -0.3 is 52.7 Å². The Morgan fingerprint density at radius 2 is 1.52 bits per heavy atom. The molecule has 2 unspecified atom stereocenters. The minimum absolute atomic E-state index is 0.0467. The summed E-state index contributed by atoms with van der Waals surface area (Å²) in [4.78, 5) is 49.3. The van der Waals surface area contributed by atoms with Crippen LogP contribution in [-0.4, -0.2) is 91.8 Å². The fourth-order valence-electron chi connectivity index (χ4n) is 4.01. The smallest absolute Gasteiger partial charge is 0.326 e. The van der Waals surface area contributed by atoms with Crippen LogP contribution in [0.2, 0.25) is 0 Å². The van der Waals surface area contributed by atoms with E-state index in [1.807, 2.05) is 13.8 Å². The largest absolute Gasteiger partial charge is 0.480 e. The van der Waals surface area contributed by atoms with E-state index in [0.29, 0.717) is 32.4 Å². The van der Waals surface area contributed by atoms with Gasteiger partial charge in [0.05, 0.1) is 25.4 Å². The molecule has 0 radical (unpaired) electrons. The number of benzene rings is 1. The van der Waals surface area contributed by atoms with Crippen LogP contribution >= 0.6 is 0 Å². The molecule has 0 fully saturated rings. The first kappa shape index (κ1) is 37.6. The molecule has 0 aliphatic heterocycles. The number of aldehydes is 1. The average Bonchev–Trinajstić information content (AvgIpc) is 2.96. The van der Waals surface area contributed by atoms with Gasteiger partial charge in [0, 0.05) is 19.5 Å².